The molecular weight excluding hydrogens is 406 g/mol. The maximum Gasteiger partial charge on any atom is 0.208 e. The van der Waals surface area contributed by atoms with Crippen LogP contribution in [0, 0.1) is 18.3 Å². The van der Waals surface area contributed by atoms with Crippen LogP contribution < -0.4 is 11.1 Å². The topological polar surface area (TPSA) is 96.7 Å². The van der Waals surface area contributed by atoms with Crippen molar-refractivity contribution in [2.45, 2.75) is 20.3 Å². The maximum absolute atomic E-state index is 13.3. The first-order chi connectivity index (χ1) is 15.0. The summed E-state index contributed by atoms with van der Waals surface area (Å²) in [6.07, 6.45) is 2.39. The molecule has 0 aliphatic heterocycles. The lowest BCUT2D eigenvalue weighted by atomic mass is 10.1. The van der Waals surface area contributed by atoms with Crippen LogP contribution >= 0.6 is 11.3 Å². The molecule has 6 nitrogen and oxygen atoms in total. The first kappa shape index (κ1) is 20.4. The smallest absolute Gasteiger partial charge is 0.208 e. The van der Waals surface area contributed by atoms with Crippen molar-refractivity contribution in [2.75, 3.05) is 11.1 Å². The summed E-state index contributed by atoms with van der Waals surface area (Å²) >= 11 is 1.20. The van der Waals surface area contributed by atoms with Crippen LogP contribution in [0.2, 0.25) is 0 Å². The third-order valence-corrected chi connectivity index (χ3v) is 6.28. The second kappa shape index (κ2) is 8.46. The van der Waals surface area contributed by atoms with E-state index < -0.39 is 0 Å². The number of rotatable bonds is 6. The standard InChI is InChI=1S/C24H21N5OS/c1-3-16-9-7-8-12-20(16)28-24-18(13-25)21(26)23(31-24)22(30)19-14-27-29(15(19)2)17-10-5-4-6-11-17/h4-12,14,28H,3,26H2,1-2H3. The molecule has 0 aliphatic rings. The predicted octanol–water partition coefficient (Wildman–Crippen LogP) is 5.23. The van der Waals surface area contributed by atoms with E-state index in [1.807, 2.05) is 61.5 Å². The number of nitrogens with one attached hydrogen (secondary N) is 1. The molecule has 0 radical (unpaired) electrons. The third kappa shape index (κ3) is 3.69. The summed E-state index contributed by atoms with van der Waals surface area (Å²) in [7, 11) is 0. The Hall–Kier alpha value is -3.89. The lowest BCUT2D eigenvalue weighted by Gasteiger charge is -2.09. The van der Waals surface area contributed by atoms with E-state index in [0.717, 1.165) is 23.4 Å². The molecule has 0 unspecified atom stereocenters. The molecule has 0 bridgehead atoms. The van der Waals surface area contributed by atoms with Crippen LogP contribution in [0.1, 0.15) is 39.0 Å². The monoisotopic (exact) mass is 427 g/mol. The molecule has 31 heavy (non-hydrogen) atoms. The first-order valence-electron chi connectivity index (χ1n) is 9.87. The minimum atomic E-state index is -0.240. The Labute approximate surface area is 184 Å². The van der Waals surface area contributed by atoms with E-state index in [9.17, 15) is 10.1 Å². The van der Waals surface area contributed by atoms with Gasteiger partial charge in [-0.15, -0.1) is 11.3 Å². The molecule has 4 aromatic rings. The van der Waals surface area contributed by atoms with Crippen LogP contribution in [-0.4, -0.2) is 15.6 Å². The molecule has 2 aromatic carbocycles. The Kier molecular flexibility index (Phi) is 5.56. The van der Waals surface area contributed by atoms with E-state index in [0.29, 0.717) is 21.1 Å². The Balaban J connectivity index is 1.72. The van der Waals surface area contributed by atoms with Gasteiger partial charge in [0.25, 0.3) is 0 Å². The highest BCUT2D eigenvalue weighted by molar-refractivity contribution is 7.19. The van der Waals surface area contributed by atoms with Crippen molar-refractivity contribution < 1.29 is 4.79 Å². The summed E-state index contributed by atoms with van der Waals surface area (Å²) in [4.78, 5) is 13.7. The highest BCUT2D eigenvalue weighted by Crippen LogP contribution is 2.39. The fourth-order valence-corrected chi connectivity index (χ4v) is 4.51. The fraction of sp³-hybridized carbons (Fsp3) is 0.125. The number of hydrogen-bond donors (Lipinski definition) is 2. The van der Waals surface area contributed by atoms with E-state index in [4.69, 9.17) is 5.73 Å². The zero-order valence-electron chi connectivity index (χ0n) is 17.2. The molecule has 0 saturated carbocycles. The Morgan fingerprint density at radius 3 is 2.61 bits per heavy atom. The van der Waals surface area contributed by atoms with Crippen LogP contribution in [0.25, 0.3) is 5.69 Å². The summed E-state index contributed by atoms with van der Waals surface area (Å²) in [5.74, 6) is -0.240. The predicted molar refractivity (Wildman–Crippen MR) is 124 cm³/mol. The van der Waals surface area contributed by atoms with Gasteiger partial charge in [0, 0.05) is 5.69 Å². The number of benzene rings is 2. The number of nitriles is 1. The van der Waals surface area contributed by atoms with Crippen LogP contribution in [-0.2, 0) is 6.42 Å². The number of hydrogen-bond acceptors (Lipinski definition) is 6. The minimum absolute atomic E-state index is 0.195. The number of anilines is 3. The van der Waals surface area contributed by atoms with Crippen molar-refractivity contribution >= 4 is 33.5 Å². The van der Waals surface area contributed by atoms with E-state index in [2.05, 4.69) is 23.4 Å². The normalized spacial score (nSPS) is 10.6. The van der Waals surface area contributed by atoms with Gasteiger partial charge < -0.3 is 11.1 Å². The van der Waals surface area contributed by atoms with Crippen molar-refractivity contribution in [3.05, 3.63) is 88.1 Å². The van der Waals surface area contributed by atoms with E-state index in [1.54, 1.807) is 10.9 Å². The van der Waals surface area contributed by atoms with E-state index in [-0.39, 0.29) is 17.0 Å². The summed E-state index contributed by atoms with van der Waals surface area (Å²) in [6.45, 7) is 3.91. The highest BCUT2D eigenvalue weighted by Gasteiger charge is 2.25. The quantitative estimate of drug-likeness (QED) is 0.411. The van der Waals surface area contributed by atoms with Crippen molar-refractivity contribution in [3.8, 4) is 11.8 Å². The second-order valence-electron chi connectivity index (χ2n) is 7.02. The molecule has 3 N–H and O–H groups in total. The largest absolute Gasteiger partial charge is 0.396 e. The van der Waals surface area contributed by atoms with Gasteiger partial charge in [0.15, 0.2) is 0 Å². The van der Waals surface area contributed by atoms with Crippen molar-refractivity contribution in [3.63, 3.8) is 0 Å². The van der Waals surface area contributed by atoms with Gasteiger partial charge in [0.05, 0.1) is 28.8 Å². The van der Waals surface area contributed by atoms with Gasteiger partial charge in [-0.25, -0.2) is 4.68 Å². The summed E-state index contributed by atoms with van der Waals surface area (Å²) in [5, 5.41) is 17.9. The average Bonchev–Trinajstić information content (AvgIpc) is 3.33. The lowest BCUT2D eigenvalue weighted by Crippen LogP contribution is -2.05. The van der Waals surface area contributed by atoms with Gasteiger partial charge in [-0.2, -0.15) is 10.4 Å². The second-order valence-corrected chi connectivity index (χ2v) is 8.04. The Morgan fingerprint density at radius 2 is 1.90 bits per heavy atom. The number of nitrogens with zero attached hydrogens (tertiary/aromatic N) is 3. The number of para-hydroxylation sites is 2. The van der Waals surface area contributed by atoms with E-state index >= 15 is 0 Å². The van der Waals surface area contributed by atoms with Gasteiger partial charge in [-0.3, -0.25) is 4.79 Å². The summed E-state index contributed by atoms with van der Waals surface area (Å²) in [6, 6.07) is 19.6. The number of aryl methyl sites for hydroxylation is 1. The molecule has 7 heteroatoms. The number of carbonyl (C=O) groups excluding carboxylic acids is 1. The molecular formula is C24H21N5OS. The summed E-state index contributed by atoms with van der Waals surface area (Å²) in [5.41, 5.74) is 10.8. The minimum Gasteiger partial charge on any atom is -0.396 e. The van der Waals surface area contributed by atoms with Crippen LogP contribution in [0.15, 0.2) is 60.8 Å². The number of thiophene rings is 1. The first-order valence-corrected chi connectivity index (χ1v) is 10.7. The third-order valence-electron chi connectivity index (χ3n) is 5.16. The summed E-state index contributed by atoms with van der Waals surface area (Å²) < 4.78 is 1.72. The number of nitrogens with two attached hydrogens (primary N) is 1. The molecule has 2 aromatic heterocycles. The SMILES string of the molecule is CCc1ccccc1Nc1sc(C(=O)c2cnn(-c3ccccc3)c2C)c(N)c1C#N. The van der Waals surface area contributed by atoms with Gasteiger partial charge in [0.2, 0.25) is 5.78 Å². The zero-order valence-corrected chi connectivity index (χ0v) is 18.0. The molecule has 154 valence electrons. The lowest BCUT2D eigenvalue weighted by molar-refractivity contribution is 0.104. The zero-order chi connectivity index (χ0) is 22.0. The molecule has 2 heterocycles. The molecule has 0 spiro atoms. The van der Waals surface area contributed by atoms with Crippen LogP contribution in [0.3, 0.4) is 0 Å². The maximum atomic E-state index is 13.3. The van der Waals surface area contributed by atoms with Crippen molar-refractivity contribution in [2.24, 2.45) is 0 Å². The van der Waals surface area contributed by atoms with E-state index in [1.165, 1.54) is 11.3 Å². The number of aromatic nitrogens is 2. The fourth-order valence-electron chi connectivity index (χ4n) is 3.47. The molecule has 0 fully saturated rings. The van der Waals surface area contributed by atoms with Gasteiger partial charge in [-0.05, 0) is 37.1 Å². The van der Waals surface area contributed by atoms with Gasteiger partial charge >= 0.3 is 0 Å². The van der Waals surface area contributed by atoms with Crippen molar-refractivity contribution in [1.82, 2.24) is 9.78 Å². The molecule has 4 rings (SSSR count). The average molecular weight is 428 g/mol. The Bertz CT molecular complexity index is 1300. The molecule has 0 aliphatic carbocycles. The molecule has 0 saturated heterocycles. The van der Waals surface area contributed by atoms with Crippen LogP contribution in [0.5, 0.6) is 0 Å². The molecule has 0 amide bonds. The highest BCUT2D eigenvalue weighted by atomic mass is 32.1. The van der Waals surface area contributed by atoms with Crippen LogP contribution in [0.4, 0.5) is 16.4 Å². The van der Waals surface area contributed by atoms with Gasteiger partial charge in [0.1, 0.15) is 21.5 Å². The van der Waals surface area contributed by atoms with Gasteiger partial charge in [-0.1, -0.05) is 43.3 Å². The van der Waals surface area contributed by atoms with Crippen molar-refractivity contribution in [1.29, 1.82) is 5.26 Å². The Morgan fingerprint density at radius 1 is 1.19 bits per heavy atom. The number of nitrogen functional groups attached to an aromatic ring is 1. The molecule has 0 atom stereocenters. The number of carbonyl (C=O) groups is 1. The number of ketones is 1.